The van der Waals surface area contributed by atoms with Crippen molar-refractivity contribution in [2.45, 2.75) is 50.3 Å². The predicted octanol–water partition coefficient (Wildman–Crippen LogP) is -0.435. The van der Waals surface area contributed by atoms with Crippen molar-refractivity contribution in [1.82, 2.24) is 10.2 Å². The topological polar surface area (TPSA) is 89.9 Å². The molecule has 2 aliphatic rings. The minimum Gasteiger partial charge on any atom is -0.480 e. The van der Waals surface area contributed by atoms with E-state index < -0.39 is 23.7 Å². The van der Waals surface area contributed by atoms with Crippen molar-refractivity contribution in [2.24, 2.45) is 0 Å². The molecular weight excluding hydrogens is 236 g/mol. The Morgan fingerprint density at radius 1 is 1.39 bits per heavy atom. The van der Waals surface area contributed by atoms with E-state index >= 15 is 0 Å². The first kappa shape index (κ1) is 13.3. The van der Waals surface area contributed by atoms with Crippen LogP contribution in [0.2, 0.25) is 0 Å². The fourth-order valence-electron chi connectivity index (χ4n) is 2.83. The molecule has 2 rings (SSSR count). The number of aliphatic hydroxyl groups excluding tert-OH is 1. The second-order valence-electron chi connectivity index (χ2n) is 5.42. The summed E-state index contributed by atoms with van der Waals surface area (Å²) in [5, 5.41) is 21.9. The molecule has 3 atom stereocenters. The molecular formula is C12H20N2O4. The molecule has 1 unspecified atom stereocenters. The van der Waals surface area contributed by atoms with Gasteiger partial charge in [-0.3, -0.25) is 4.79 Å². The summed E-state index contributed by atoms with van der Waals surface area (Å²) in [5.74, 6) is -1.24. The Hall–Kier alpha value is -1.14. The minimum atomic E-state index is -1.04. The lowest BCUT2D eigenvalue weighted by atomic mass is 9.89. The number of likely N-dealkylation sites (tertiary alicyclic amines) is 1. The molecule has 6 heteroatoms. The summed E-state index contributed by atoms with van der Waals surface area (Å²) in [6.07, 6.45) is 2.10. The summed E-state index contributed by atoms with van der Waals surface area (Å²) >= 11 is 0. The summed E-state index contributed by atoms with van der Waals surface area (Å²) in [7, 11) is 0. The lowest BCUT2D eigenvalue weighted by Crippen LogP contribution is -2.59. The molecule has 0 aromatic heterocycles. The standard InChI is InChI=1S/C12H20N2O4/c1-12(4-2-3-5-13-12)11(18)14-7-8(15)6-9(14)10(16)17/h8-9,13,15H,2-7H2,1H3,(H,16,17)/t8-,9-,12?/m1/s1. The molecule has 1 amide bonds. The summed E-state index contributed by atoms with van der Waals surface area (Å²) < 4.78 is 0. The molecule has 2 heterocycles. The van der Waals surface area contributed by atoms with Crippen LogP contribution in [0.3, 0.4) is 0 Å². The molecule has 102 valence electrons. The molecule has 3 N–H and O–H groups in total. The zero-order valence-electron chi connectivity index (χ0n) is 10.6. The van der Waals surface area contributed by atoms with Crippen molar-refractivity contribution in [1.29, 1.82) is 0 Å². The van der Waals surface area contributed by atoms with Crippen LogP contribution in [0.4, 0.5) is 0 Å². The number of hydrogen-bond acceptors (Lipinski definition) is 4. The lowest BCUT2D eigenvalue weighted by Gasteiger charge is -2.37. The summed E-state index contributed by atoms with van der Waals surface area (Å²) in [4.78, 5) is 24.9. The largest absolute Gasteiger partial charge is 0.480 e. The van der Waals surface area contributed by atoms with Gasteiger partial charge >= 0.3 is 5.97 Å². The second-order valence-corrected chi connectivity index (χ2v) is 5.42. The first-order valence-electron chi connectivity index (χ1n) is 6.41. The monoisotopic (exact) mass is 256 g/mol. The molecule has 0 spiro atoms. The number of aliphatic carboxylic acids is 1. The fourth-order valence-corrected chi connectivity index (χ4v) is 2.83. The Morgan fingerprint density at radius 2 is 2.11 bits per heavy atom. The van der Waals surface area contributed by atoms with Crippen molar-refractivity contribution < 1.29 is 19.8 Å². The van der Waals surface area contributed by atoms with Crippen LogP contribution in [0.25, 0.3) is 0 Å². The third kappa shape index (κ3) is 2.35. The van der Waals surface area contributed by atoms with Crippen LogP contribution < -0.4 is 5.32 Å². The molecule has 0 aliphatic carbocycles. The van der Waals surface area contributed by atoms with E-state index in [-0.39, 0.29) is 18.9 Å². The number of nitrogens with one attached hydrogen (secondary N) is 1. The van der Waals surface area contributed by atoms with Gasteiger partial charge in [0.25, 0.3) is 0 Å². The van der Waals surface area contributed by atoms with Gasteiger partial charge in [0.05, 0.1) is 11.6 Å². The number of amides is 1. The molecule has 6 nitrogen and oxygen atoms in total. The first-order valence-corrected chi connectivity index (χ1v) is 6.41. The normalized spacial score (nSPS) is 36.7. The van der Waals surface area contributed by atoms with Gasteiger partial charge in [-0.25, -0.2) is 4.79 Å². The highest BCUT2D eigenvalue weighted by Crippen LogP contribution is 2.26. The van der Waals surface area contributed by atoms with Gasteiger partial charge in [0.15, 0.2) is 0 Å². The van der Waals surface area contributed by atoms with Crippen molar-refractivity contribution in [3.05, 3.63) is 0 Å². The number of rotatable bonds is 2. The molecule has 0 aromatic carbocycles. The van der Waals surface area contributed by atoms with E-state index in [0.717, 1.165) is 19.4 Å². The van der Waals surface area contributed by atoms with Crippen LogP contribution in [0.1, 0.15) is 32.6 Å². The number of nitrogens with zero attached hydrogens (tertiary/aromatic N) is 1. The van der Waals surface area contributed by atoms with Gasteiger partial charge in [-0.2, -0.15) is 0 Å². The number of aliphatic hydroxyl groups is 1. The molecule has 2 saturated heterocycles. The molecule has 0 bridgehead atoms. The molecule has 2 fully saturated rings. The highest BCUT2D eigenvalue weighted by molar-refractivity contribution is 5.90. The Kier molecular flexibility index (Phi) is 3.59. The van der Waals surface area contributed by atoms with E-state index in [1.807, 2.05) is 6.92 Å². The van der Waals surface area contributed by atoms with Gasteiger partial charge < -0.3 is 20.4 Å². The van der Waals surface area contributed by atoms with Gasteiger partial charge in [-0.1, -0.05) is 0 Å². The zero-order valence-corrected chi connectivity index (χ0v) is 10.6. The quantitative estimate of drug-likeness (QED) is 0.623. The molecule has 0 saturated carbocycles. The van der Waals surface area contributed by atoms with Crippen LogP contribution >= 0.6 is 0 Å². The van der Waals surface area contributed by atoms with Gasteiger partial charge in [-0.05, 0) is 32.7 Å². The smallest absolute Gasteiger partial charge is 0.326 e. The number of hydrogen-bond donors (Lipinski definition) is 3. The maximum atomic E-state index is 12.5. The number of piperidine rings is 1. The maximum absolute atomic E-state index is 12.5. The van der Waals surface area contributed by atoms with Crippen molar-refractivity contribution >= 4 is 11.9 Å². The Morgan fingerprint density at radius 3 is 2.67 bits per heavy atom. The second kappa shape index (κ2) is 4.85. The summed E-state index contributed by atoms with van der Waals surface area (Å²) in [6, 6.07) is -0.895. The van der Waals surface area contributed by atoms with Crippen LogP contribution in [-0.2, 0) is 9.59 Å². The minimum absolute atomic E-state index is 0.118. The number of β-amino-alcohol motifs (C(OH)–C–C–N with tert-alkyl or cyclic N) is 1. The van der Waals surface area contributed by atoms with Gasteiger partial charge in [0.2, 0.25) is 5.91 Å². The van der Waals surface area contributed by atoms with E-state index in [2.05, 4.69) is 5.32 Å². The Labute approximate surface area is 106 Å². The van der Waals surface area contributed by atoms with Crippen LogP contribution in [0, 0.1) is 0 Å². The van der Waals surface area contributed by atoms with E-state index in [1.54, 1.807) is 0 Å². The summed E-state index contributed by atoms with van der Waals surface area (Å²) in [6.45, 7) is 2.71. The molecule has 18 heavy (non-hydrogen) atoms. The Bertz CT molecular complexity index is 352. The van der Waals surface area contributed by atoms with Crippen molar-refractivity contribution in [3.8, 4) is 0 Å². The van der Waals surface area contributed by atoms with Gasteiger partial charge in [-0.15, -0.1) is 0 Å². The van der Waals surface area contributed by atoms with E-state index in [1.165, 1.54) is 4.90 Å². The summed E-state index contributed by atoms with van der Waals surface area (Å²) in [5.41, 5.74) is -0.685. The number of carbonyl (C=O) groups is 2. The highest BCUT2D eigenvalue weighted by Gasteiger charge is 2.45. The predicted molar refractivity (Wildman–Crippen MR) is 64.0 cm³/mol. The third-order valence-corrected chi connectivity index (χ3v) is 3.92. The molecule has 0 aromatic rings. The van der Waals surface area contributed by atoms with Crippen LogP contribution in [0.5, 0.6) is 0 Å². The number of carboxylic acid groups (broad SMARTS) is 1. The average Bonchev–Trinajstić information content (AvgIpc) is 2.71. The fraction of sp³-hybridized carbons (Fsp3) is 0.833. The average molecular weight is 256 g/mol. The van der Waals surface area contributed by atoms with Crippen molar-refractivity contribution in [2.75, 3.05) is 13.1 Å². The van der Waals surface area contributed by atoms with E-state index in [0.29, 0.717) is 6.42 Å². The first-order chi connectivity index (χ1) is 8.44. The lowest BCUT2D eigenvalue weighted by molar-refractivity contribution is -0.151. The van der Waals surface area contributed by atoms with Crippen molar-refractivity contribution in [3.63, 3.8) is 0 Å². The van der Waals surface area contributed by atoms with Gasteiger partial charge in [0.1, 0.15) is 6.04 Å². The number of carboxylic acids is 1. The molecule has 0 radical (unpaired) electrons. The highest BCUT2D eigenvalue weighted by atomic mass is 16.4. The number of carbonyl (C=O) groups excluding carboxylic acids is 1. The maximum Gasteiger partial charge on any atom is 0.326 e. The SMILES string of the molecule is CC1(C(=O)N2C[C@H](O)C[C@@H]2C(=O)O)CCCCN1. The van der Waals surface area contributed by atoms with E-state index in [4.69, 9.17) is 5.11 Å². The van der Waals surface area contributed by atoms with Gasteiger partial charge in [0, 0.05) is 13.0 Å². The van der Waals surface area contributed by atoms with Crippen LogP contribution in [-0.4, -0.2) is 57.8 Å². The third-order valence-electron chi connectivity index (χ3n) is 3.92. The Balaban J connectivity index is 2.14. The zero-order chi connectivity index (χ0) is 13.3. The molecule has 2 aliphatic heterocycles. The van der Waals surface area contributed by atoms with Crippen LogP contribution in [0.15, 0.2) is 0 Å². The van der Waals surface area contributed by atoms with E-state index in [9.17, 15) is 14.7 Å².